The van der Waals surface area contributed by atoms with Gasteiger partial charge in [0.15, 0.2) is 0 Å². The zero-order valence-corrected chi connectivity index (χ0v) is 8.15. The fourth-order valence-electron chi connectivity index (χ4n) is 1.40. The molecule has 0 atom stereocenters. The van der Waals surface area contributed by atoms with Crippen molar-refractivity contribution in [2.45, 2.75) is 0 Å². The Labute approximate surface area is 88.1 Å². The summed E-state index contributed by atoms with van der Waals surface area (Å²) in [5.41, 5.74) is 2.04. The molecule has 0 heterocycles. The van der Waals surface area contributed by atoms with Gasteiger partial charge in [0.2, 0.25) is 5.75 Å². The normalized spacial score (nSPS) is 10.0. The molecular weight excluding hydrogens is 191 g/mol. The van der Waals surface area contributed by atoms with Crippen molar-refractivity contribution in [2.75, 3.05) is 0 Å². The molecule has 0 unspecified atom stereocenters. The van der Waals surface area contributed by atoms with Crippen molar-refractivity contribution in [3.05, 3.63) is 61.5 Å². The van der Waals surface area contributed by atoms with Gasteiger partial charge in [0.1, 0.15) is 5.82 Å². The Hall–Kier alpha value is -1.83. The van der Waals surface area contributed by atoms with E-state index in [1.807, 2.05) is 24.3 Å². The maximum Gasteiger partial charge on any atom is 0.225 e. The smallest absolute Gasteiger partial charge is 0.225 e. The SMILES string of the molecule is [CH2-][OH+]c1ccc(-c2ccc(F)cc2)cc1. The van der Waals surface area contributed by atoms with Crippen LogP contribution in [0.25, 0.3) is 11.1 Å². The molecule has 0 aliphatic rings. The lowest BCUT2D eigenvalue weighted by Gasteiger charge is -2.04. The molecule has 2 aromatic carbocycles. The van der Waals surface area contributed by atoms with Crippen molar-refractivity contribution in [1.82, 2.24) is 0 Å². The fraction of sp³-hybridized carbons (Fsp3) is 0. The summed E-state index contributed by atoms with van der Waals surface area (Å²) in [5, 5.41) is 0. The Kier molecular flexibility index (Phi) is 2.68. The van der Waals surface area contributed by atoms with Gasteiger partial charge in [-0.05, 0) is 42.5 Å². The zero-order chi connectivity index (χ0) is 10.7. The van der Waals surface area contributed by atoms with Gasteiger partial charge < -0.3 is 4.74 Å². The first-order valence-electron chi connectivity index (χ1n) is 4.62. The highest BCUT2D eigenvalue weighted by atomic mass is 19.1. The maximum absolute atomic E-state index is 12.7. The molecule has 0 aliphatic heterocycles. The highest BCUT2D eigenvalue weighted by molar-refractivity contribution is 5.63. The van der Waals surface area contributed by atoms with Gasteiger partial charge in [-0.1, -0.05) is 12.1 Å². The van der Waals surface area contributed by atoms with Crippen molar-refractivity contribution in [3.63, 3.8) is 0 Å². The molecule has 0 amide bonds. The molecule has 2 heteroatoms. The van der Waals surface area contributed by atoms with Crippen LogP contribution < -0.4 is 0 Å². The minimum absolute atomic E-state index is 0.219. The molecule has 0 radical (unpaired) electrons. The van der Waals surface area contributed by atoms with Crippen LogP contribution in [0.4, 0.5) is 4.39 Å². The second-order valence-electron chi connectivity index (χ2n) is 3.21. The number of aliphatic hydroxyl groups is 1. The summed E-state index contributed by atoms with van der Waals surface area (Å²) in [6.07, 6.45) is 0. The van der Waals surface area contributed by atoms with E-state index in [1.54, 1.807) is 12.1 Å². The van der Waals surface area contributed by atoms with E-state index in [2.05, 4.69) is 11.8 Å². The number of benzene rings is 2. The number of hydrogen-bond acceptors (Lipinski definition) is 0. The molecule has 1 N–H and O–H groups in total. The van der Waals surface area contributed by atoms with E-state index < -0.39 is 0 Å². The van der Waals surface area contributed by atoms with Crippen LogP contribution in [-0.4, -0.2) is 4.74 Å². The van der Waals surface area contributed by atoms with Gasteiger partial charge in [-0.3, -0.25) is 0 Å². The fourth-order valence-corrected chi connectivity index (χ4v) is 1.40. The second kappa shape index (κ2) is 4.13. The van der Waals surface area contributed by atoms with Gasteiger partial charge in [-0.2, -0.15) is 0 Å². The Balaban J connectivity index is 2.33. The minimum atomic E-state index is -0.219. The van der Waals surface area contributed by atoms with E-state index in [1.165, 1.54) is 12.1 Å². The Morgan fingerprint density at radius 2 is 1.27 bits per heavy atom. The number of halogens is 1. The Morgan fingerprint density at radius 1 is 0.800 bits per heavy atom. The lowest BCUT2D eigenvalue weighted by Crippen LogP contribution is -1.79. The van der Waals surface area contributed by atoms with Crippen molar-refractivity contribution < 1.29 is 9.13 Å². The van der Waals surface area contributed by atoms with E-state index in [-0.39, 0.29) is 5.82 Å². The van der Waals surface area contributed by atoms with Crippen LogP contribution >= 0.6 is 0 Å². The summed E-state index contributed by atoms with van der Waals surface area (Å²) in [6, 6.07) is 14.1. The molecule has 76 valence electrons. The summed E-state index contributed by atoms with van der Waals surface area (Å²) in [5.74, 6) is 0.615. The molecule has 0 fully saturated rings. The average Bonchev–Trinajstić information content (AvgIpc) is 2.30. The monoisotopic (exact) mass is 202 g/mol. The third kappa shape index (κ3) is 2.15. The van der Waals surface area contributed by atoms with Crippen LogP contribution in [-0.2, 0) is 0 Å². The lowest BCUT2D eigenvalue weighted by molar-refractivity contribution is 0.186. The molecule has 0 saturated heterocycles. The van der Waals surface area contributed by atoms with E-state index in [9.17, 15) is 4.39 Å². The van der Waals surface area contributed by atoms with Gasteiger partial charge in [0.25, 0.3) is 0 Å². The first-order chi connectivity index (χ1) is 7.29. The van der Waals surface area contributed by atoms with Crippen LogP contribution in [0.1, 0.15) is 0 Å². The molecule has 15 heavy (non-hydrogen) atoms. The summed E-state index contributed by atoms with van der Waals surface area (Å²) in [6.45, 7) is 0. The predicted molar refractivity (Wildman–Crippen MR) is 58.9 cm³/mol. The predicted octanol–water partition coefficient (Wildman–Crippen LogP) is 3.53. The zero-order valence-electron chi connectivity index (χ0n) is 8.15. The van der Waals surface area contributed by atoms with Gasteiger partial charge >= 0.3 is 0 Å². The summed E-state index contributed by atoms with van der Waals surface area (Å²) >= 11 is 0. The molecule has 2 aromatic rings. The van der Waals surface area contributed by atoms with Gasteiger partial charge in [-0.15, -0.1) is 0 Å². The third-order valence-electron chi connectivity index (χ3n) is 2.23. The van der Waals surface area contributed by atoms with Crippen LogP contribution in [0.15, 0.2) is 48.5 Å². The van der Waals surface area contributed by atoms with Crippen LogP contribution in [0, 0.1) is 12.9 Å². The molecular formula is C13H11FO. The van der Waals surface area contributed by atoms with Crippen molar-refractivity contribution in [2.24, 2.45) is 0 Å². The quantitative estimate of drug-likeness (QED) is 0.522. The number of aromatic hydroxyl groups is 1. The largest absolute Gasteiger partial charge is 0.722 e. The molecule has 0 aliphatic carbocycles. The Bertz CT molecular complexity index is 431. The van der Waals surface area contributed by atoms with Crippen LogP contribution in [0.3, 0.4) is 0 Å². The van der Waals surface area contributed by atoms with Crippen LogP contribution in [0.5, 0.6) is 5.75 Å². The third-order valence-corrected chi connectivity index (χ3v) is 2.23. The highest BCUT2D eigenvalue weighted by Crippen LogP contribution is 2.22. The number of rotatable bonds is 2. The summed E-state index contributed by atoms with van der Waals surface area (Å²) in [4.78, 5) is 0. The highest BCUT2D eigenvalue weighted by Gasteiger charge is 1.99. The first-order valence-corrected chi connectivity index (χ1v) is 4.62. The lowest BCUT2D eigenvalue weighted by atomic mass is 10.1. The first kappa shape index (κ1) is 9.71. The average molecular weight is 202 g/mol. The van der Waals surface area contributed by atoms with Crippen molar-refractivity contribution >= 4 is 0 Å². The number of hydrogen-bond donors (Lipinski definition) is 0. The maximum atomic E-state index is 12.7. The van der Waals surface area contributed by atoms with Crippen molar-refractivity contribution in [1.29, 1.82) is 0 Å². The molecule has 0 spiro atoms. The minimum Gasteiger partial charge on any atom is -0.722 e. The molecule has 0 aromatic heterocycles. The summed E-state index contributed by atoms with van der Waals surface area (Å²) in [7, 11) is 3.45. The molecule has 0 bridgehead atoms. The van der Waals surface area contributed by atoms with E-state index >= 15 is 0 Å². The topological polar surface area (TPSA) is 12.8 Å². The van der Waals surface area contributed by atoms with Gasteiger partial charge in [0, 0.05) is 12.1 Å². The molecule has 1 nitrogen and oxygen atoms in total. The van der Waals surface area contributed by atoms with E-state index in [0.29, 0.717) is 0 Å². The standard InChI is InChI=1S/C13H11FO/c1-15-13-8-4-11(5-9-13)10-2-6-12(14)7-3-10/h2-9,15H,1H2. The van der Waals surface area contributed by atoms with Gasteiger partial charge in [-0.25, -0.2) is 4.39 Å². The molecule has 0 saturated carbocycles. The second-order valence-corrected chi connectivity index (χ2v) is 3.21. The van der Waals surface area contributed by atoms with E-state index in [4.69, 9.17) is 0 Å². The van der Waals surface area contributed by atoms with Crippen LogP contribution in [0.2, 0.25) is 0 Å². The number of ether oxygens (including phenoxy) is 1. The van der Waals surface area contributed by atoms with E-state index in [0.717, 1.165) is 16.9 Å². The summed E-state index contributed by atoms with van der Waals surface area (Å²) < 4.78 is 16.5. The van der Waals surface area contributed by atoms with Crippen molar-refractivity contribution in [3.8, 4) is 16.9 Å². The molecule has 2 rings (SSSR count). The van der Waals surface area contributed by atoms with Gasteiger partial charge in [0.05, 0.1) is 0 Å². The Morgan fingerprint density at radius 3 is 1.73 bits per heavy atom.